The Kier molecular flexibility index (Phi) is 5.45. The van der Waals surface area contributed by atoms with Gasteiger partial charge in [-0.3, -0.25) is 9.59 Å². The summed E-state index contributed by atoms with van der Waals surface area (Å²) in [5.74, 6) is -0.579. The number of amides is 1. The van der Waals surface area contributed by atoms with Gasteiger partial charge in [0.05, 0.1) is 12.7 Å². The number of halogens is 1. The van der Waals surface area contributed by atoms with Gasteiger partial charge in [-0.2, -0.15) is 0 Å². The molecule has 0 bridgehead atoms. The first-order valence-electron chi connectivity index (χ1n) is 5.44. The van der Waals surface area contributed by atoms with Gasteiger partial charge < -0.3 is 15.8 Å². The zero-order valence-corrected chi connectivity index (χ0v) is 10.8. The molecule has 1 aromatic carbocycles. The third kappa shape index (κ3) is 4.25. The fourth-order valence-electron chi connectivity index (χ4n) is 1.37. The van der Waals surface area contributed by atoms with Crippen LogP contribution in [0.4, 0.5) is 5.69 Å². The summed E-state index contributed by atoms with van der Waals surface area (Å²) in [6.45, 7) is 0.385. The highest BCUT2D eigenvalue weighted by molar-refractivity contribution is 6.31. The van der Waals surface area contributed by atoms with Gasteiger partial charge in [-0.05, 0) is 24.6 Å². The zero-order valence-electron chi connectivity index (χ0n) is 10.0. The van der Waals surface area contributed by atoms with E-state index in [1.807, 2.05) is 0 Å². The summed E-state index contributed by atoms with van der Waals surface area (Å²) >= 11 is 5.74. The Labute approximate surface area is 110 Å². The molecule has 3 N–H and O–H groups in total. The molecule has 6 heteroatoms. The number of rotatable bonds is 5. The van der Waals surface area contributed by atoms with Crippen LogP contribution in [0, 0.1) is 0 Å². The van der Waals surface area contributed by atoms with Crippen LogP contribution in [-0.4, -0.2) is 25.5 Å². The fourth-order valence-corrected chi connectivity index (χ4v) is 1.55. The average molecular weight is 271 g/mol. The molecule has 0 radical (unpaired) electrons. The first kappa shape index (κ1) is 14.3. The van der Waals surface area contributed by atoms with Crippen molar-refractivity contribution in [3.8, 4) is 0 Å². The molecular formula is C12H15ClN2O3. The standard InChI is InChI=1S/C12H15ClN2O3/c1-18-11(16)3-2-6-15-12(17)9-5-4-8(13)7-10(9)14/h4-5,7H,2-3,6,14H2,1H3,(H,15,17). The lowest BCUT2D eigenvalue weighted by Crippen LogP contribution is -2.25. The second-order valence-electron chi connectivity index (χ2n) is 3.67. The smallest absolute Gasteiger partial charge is 0.305 e. The number of ether oxygens (including phenoxy) is 1. The van der Waals surface area contributed by atoms with Crippen LogP contribution in [-0.2, 0) is 9.53 Å². The molecule has 0 saturated carbocycles. The van der Waals surface area contributed by atoms with Crippen molar-refractivity contribution in [3.63, 3.8) is 0 Å². The topological polar surface area (TPSA) is 81.4 Å². The van der Waals surface area contributed by atoms with Gasteiger partial charge in [0.15, 0.2) is 0 Å². The molecule has 0 spiro atoms. The number of nitrogen functional groups attached to an aromatic ring is 1. The Hall–Kier alpha value is -1.75. The van der Waals surface area contributed by atoms with Crippen molar-refractivity contribution in [3.05, 3.63) is 28.8 Å². The van der Waals surface area contributed by atoms with Crippen molar-refractivity contribution in [2.24, 2.45) is 0 Å². The molecule has 0 fully saturated rings. The van der Waals surface area contributed by atoms with Crippen molar-refractivity contribution in [2.75, 3.05) is 19.4 Å². The van der Waals surface area contributed by atoms with Gasteiger partial charge in [0, 0.05) is 23.7 Å². The molecule has 1 rings (SSSR count). The Bertz CT molecular complexity index is 449. The molecule has 1 amide bonds. The number of benzene rings is 1. The highest BCUT2D eigenvalue weighted by Crippen LogP contribution is 2.17. The molecule has 0 aliphatic carbocycles. The van der Waals surface area contributed by atoms with E-state index in [0.717, 1.165) is 0 Å². The van der Waals surface area contributed by atoms with Gasteiger partial charge in [0.1, 0.15) is 0 Å². The number of carbonyl (C=O) groups is 2. The number of hydrogen-bond acceptors (Lipinski definition) is 4. The van der Waals surface area contributed by atoms with E-state index >= 15 is 0 Å². The van der Waals surface area contributed by atoms with Crippen LogP contribution in [0.2, 0.25) is 5.02 Å². The summed E-state index contributed by atoms with van der Waals surface area (Å²) in [6, 6.07) is 4.68. The lowest BCUT2D eigenvalue weighted by Gasteiger charge is -2.07. The van der Waals surface area contributed by atoms with Crippen LogP contribution in [0.3, 0.4) is 0 Å². The van der Waals surface area contributed by atoms with Gasteiger partial charge >= 0.3 is 5.97 Å². The normalized spacial score (nSPS) is 9.89. The van der Waals surface area contributed by atoms with E-state index in [0.29, 0.717) is 29.2 Å². The Morgan fingerprint density at radius 1 is 1.44 bits per heavy atom. The largest absolute Gasteiger partial charge is 0.469 e. The third-order valence-corrected chi connectivity index (χ3v) is 2.56. The molecule has 0 heterocycles. The lowest BCUT2D eigenvalue weighted by molar-refractivity contribution is -0.140. The van der Waals surface area contributed by atoms with E-state index in [9.17, 15) is 9.59 Å². The summed E-state index contributed by atoms with van der Waals surface area (Å²) in [5, 5.41) is 3.15. The van der Waals surface area contributed by atoms with Crippen molar-refractivity contribution in [1.29, 1.82) is 0 Å². The van der Waals surface area contributed by atoms with Gasteiger partial charge in [0.25, 0.3) is 5.91 Å². The van der Waals surface area contributed by atoms with E-state index in [-0.39, 0.29) is 18.3 Å². The minimum atomic E-state index is -0.296. The third-order valence-electron chi connectivity index (χ3n) is 2.33. The Balaban J connectivity index is 2.43. The highest BCUT2D eigenvalue weighted by Gasteiger charge is 2.09. The first-order chi connectivity index (χ1) is 8.54. The highest BCUT2D eigenvalue weighted by atomic mass is 35.5. The van der Waals surface area contributed by atoms with Gasteiger partial charge in [-0.1, -0.05) is 11.6 Å². The summed E-state index contributed by atoms with van der Waals surface area (Å²) in [7, 11) is 1.33. The van der Waals surface area contributed by atoms with Crippen molar-refractivity contribution >= 4 is 29.2 Å². The molecule has 0 atom stereocenters. The second kappa shape index (κ2) is 6.86. The van der Waals surface area contributed by atoms with E-state index in [4.69, 9.17) is 17.3 Å². The molecule has 98 valence electrons. The maximum Gasteiger partial charge on any atom is 0.305 e. The molecule has 18 heavy (non-hydrogen) atoms. The van der Waals surface area contributed by atoms with E-state index in [1.165, 1.54) is 13.2 Å². The molecule has 1 aromatic rings. The summed E-state index contributed by atoms with van der Waals surface area (Å²) in [5.41, 5.74) is 6.38. The second-order valence-corrected chi connectivity index (χ2v) is 4.10. The fraction of sp³-hybridized carbons (Fsp3) is 0.333. The van der Waals surface area contributed by atoms with Crippen LogP contribution in [0.5, 0.6) is 0 Å². The predicted octanol–water partition coefficient (Wildman–Crippen LogP) is 1.61. The van der Waals surface area contributed by atoms with Crippen molar-refractivity contribution < 1.29 is 14.3 Å². The SMILES string of the molecule is COC(=O)CCCNC(=O)c1ccc(Cl)cc1N. The summed E-state index contributed by atoms with van der Waals surface area (Å²) < 4.78 is 4.49. The maximum absolute atomic E-state index is 11.7. The monoisotopic (exact) mass is 270 g/mol. The number of hydrogen-bond donors (Lipinski definition) is 2. The van der Waals surface area contributed by atoms with Gasteiger partial charge in [-0.25, -0.2) is 0 Å². The zero-order chi connectivity index (χ0) is 13.5. The van der Waals surface area contributed by atoms with E-state index in [2.05, 4.69) is 10.1 Å². The van der Waals surface area contributed by atoms with Crippen LogP contribution < -0.4 is 11.1 Å². The molecule has 0 aliphatic heterocycles. The molecule has 0 unspecified atom stereocenters. The number of anilines is 1. The molecule has 0 aliphatic rings. The molecule has 0 aromatic heterocycles. The van der Waals surface area contributed by atoms with Crippen molar-refractivity contribution in [1.82, 2.24) is 5.32 Å². The lowest BCUT2D eigenvalue weighted by atomic mass is 10.1. The number of nitrogens with two attached hydrogens (primary N) is 1. The Morgan fingerprint density at radius 2 is 2.17 bits per heavy atom. The minimum Gasteiger partial charge on any atom is -0.469 e. The van der Waals surface area contributed by atoms with Crippen LogP contribution in [0.25, 0.3) is 0 Å². The summed E-state index contributed by atoms with van der Waals surface area (Å²) in [6.07, 6.45) is 0.790. The number of carbonyl (C=O) groups excluding carboxylic acids is 2. The number of esters is 1. The quantitative estimate of drug-likeness (QED) is 0.484. The Morgan fingerprint density at radius 3 is 2.78 bits per heavy atom. The number of methoxy groups -OCH3 is 1. The summed E-state index contributed by atoms with van der Waals surface area (Å²) in [4.78, 5) is 22.6. The van der Waals surface area contributed by atoms with Crippen LogP contribution in [0.15, 0.2) is 18.2 Å². The molecular weight excluding hydrogens is 256 g/mol. The van der Waals surface area contributed by atoms with Crippen molar-refractivity contribution in [2.45, 2.75) is 12.8 Å². The number of nitrogens with one attached hydrogen (secondary N) is 1. The van der Waals surface area contributed by atoms with Gasteiger partial charge in [0.2, 0.25) is 0 Å². The molecule has 5 nitrogen and oxygen atoms in total. The van der Waals surface area contributed by atoms with Crippen LogP contribution in [0.1, 0.15) is 23.2 Å². The van der Waals surface area contributed by atoms with Gasteiger partial charge in [-0.15, -0.1) is 0 Å². The first-order valence-corrected chi connectivity index (χ1v) is 5.82. The maximum atomic E-state index is 11.7. The van der Waals surface area contributed by atoms with Crippen LogP contribution >= 0.6 is 11.6 Å². The van der Waals surface area contributed by atoms with E-state index < -0.39 is 0 Å². The predicted molar refractivity (Wildman–Crippen MR) is 69.4 cm³/mol. The minimum absolute atomic E-state index is 0.271. The molecule has 0 saturated heterocycles. The van der Waals surface area contributed by atoms with E-state index in [1.54, 1.807) is 12.1 Å². The average Bonchev–Trinajstić information content (AvgIpc) is 2.34.